The fourth-order valence-corrected chi connectivity index (χ4v) is 4.24. The number of fused-ring (bicyclic) bond motifs is 2. The molecule has 0 aromatic heterocycles. The van der Waals surface area contributed by atoms with E-state index in [-0.39, 0.29) is 11.7 Å². The Morgan fingerprint density at radius 1 is 0.684 bits per heavy atom. The molecule has 110 valence electrons. The zero-order chi connectivity index (χ0) is 13.5. The summed E-state index contributed by atoms with van der Waals surface area (Å²) in [5, 5.41) is 0. The van der Waals surface area contributed by atoms with Crippen molar-refractivity contribution in [1.29, 1.82) is 0 Å². The second kappa shape index (κ2) is 5.37. The first-order chi connectivity index (χ1) is 9.04. The Balaban J connectivity index is 1.64. The lowest BCUT2D eigenvalue weighted by Gasteiger charge is -2.35. The largest absolute Gasteiger partial charge is 0.346 e. The highest BCUT2D eigenvalue weighted by molar-refractivity contribution is 4.88. The van der Waals surface area contributed by atoms with Crippen molar-refractivity contribution in [2.75, 3.05) is 0 Å². The maximum Gasteiger partial charge on any atom is 0.163 e. The molecule has 3 aliphatic rings. The zero-order valence-electron chi connectivity index (χ0n) is 12.9. The van der Waals surface area contributed by atoms with Crippen molar-refractivity contribution in [1.82, 2.24) is 0 Å². The van der Waals surface area contributed by atoms with Gasteiger partial charge in [0.1, 0.15) is 0 Å². The lowest BCUT2D eigenvalue weighted by Crippen LogP contribution is -2.30. The van der Waals surface area contributed by atoms with Gasteiger partial charge in [-0.3, -0.25) is 0 Å². The second-order valence-electron chi connectivity index (χ2n) is 8.01. The van der Waals surface area contributed by atoms with Gasteiger partial charge < -0.3 is 9.47 Å². The highest BCUT2D eigenvalue weighted by Gasteiger charge is 2.43. The summed E-state index contributed by atoms with van der Waals surface area (Å²) in [6.07, 6.45) is 11.8. The summed E-state index contributed by atoms with van der Waals surface area (Å²) in [6.45, 7) is 6.66. The molecular weight excluding hydrogens is 236 g/mol. The second-order valence-corrected chi connectivity index (χ2v) is 8.01. The molecule has 2 saturated carbocycles. The van der Waals surface area contributed by atoms with E-state index in [1.54, 1.807) is 0 Å². The van der Waals surface area contributed by atoms with Gasteiger partial charge in [-0.1, -0.05) is 46.5 Å². The first kappa shape index (κ1) is 13.9. The Morgan fingerprint density at radius 2 is 1.16 bits per heavy atom. The highest BCUT2D eigenvalue weighted by Crippen LogP contribution is 2.43. The van der Waals surface area contributed by atoms with Crippen LogP contribution in [0.4, 0.5) is 0 Å². The van der Waals surface area contributed by atoms with E-state index in [4.69, 9.17) is 9.47 Å². The Kier molecular flexibility index (Phi) is 3.92. The molecule has 1 heterocycles. The Bertz CT molecular complexity index is 283. The highest BCUT2D eigenvalue weighted by atomic mass is 16.7. The van der Waals surface area contributed by atoms with Crippen molar-refractivity contribution < 1.29 is 9.47 Å². The van der Waals surface area contributed by atoms with Gasteiger partial charge in [-0.15, -0.1) is 0 Å². The third-order valence-corrected chi connectivity index (χ3v) is 5.43. The summed E-state index contributed by atoms with van der Waals surface area (Å²) in [5.74, 6) is 1.96. The van der Waals surface area contributed by atoms with Crippen molar-refractivity contribution in [3.63, 3.8) is 0 Å². The number of ether oxygens (including phenoxy) is 2. The minimum Gasteiger partial charge on any atom is -0.346 e. The van der Waals surface area contributed by atoms with Crippen LogP contribution in [0, 0.1) is 17.3 Å². The van der Waals surface area contributed by atoms with Crippen LogP contribution < -0.4 is 0 Å². The molecule has 2 nitrogen and oxygen atoms in total. The lowest BCUT2D eigenvalue weighted by molar-refractivity contribution is -0.132. The van der Waals surface area contributed by atoms with Crippen LogP contribution in [-0.2, 0) is 9.47 Å². The standard InChI is InChI=1S/C17H30O2/c1-17(2,3)16-18-14-10-8-12-6-4-5-7-13(12)9-11-15(14)19-16/h12-16H,4-11H2,1-3H3. The first-order valence-electron chi connectivity index (χ1n) is 8.35. The molecule has 2 aliphatic carbocycles. The molecule has 19 heavy (non-hydrogen) atoms. The van der Waals surface area contributed by atoms with Crippen LogP contribution in [0.15, 0.2) is 0 Å². The van der Waals surface area contributed by atoms with E-state index in [0.29, 0.717) is 12.2 Å². The monoisotopic (exact) mass is 266 g/mol. The van der Waals surface area contributed by atoms with Gasteiger partial charge in [-0.25, -0.2) is 0 Å². The van der Waals surface area contributed by atoms with Crippen LogP contribution in [0.2, 0.25) is 0 Å². The van der Waals surface area contributed by atoms with Crippen molar-refractivity contribution >= 4 is 0 Å². The van der Waals surface area contributed by atoms with Crippen molar-refractivity contribution in [2.45, 2.75) is 90.6 Å². The van der Waals surface area contributed by atoms with Gasteiger partial charge in [0.2, 0.25) is 0 Å². The molecule has 0 aromatic carbocycles. The predicted octanol–water partition coefficient (Wildman–Crippen LogP) is 4.52. The van der Waals surface area contributed by atoms with E-state index in [1.165, 1.54) is 51.4 Å². The summed E-state index contributed by atoms with van der Waals surface area (Å²) < 4.78 is 12.4. The normalized spacial score (nSPS) is 44.1. The molecule has 0 amide bonds. The SMILES string of the molecule is CC(C)(C)C1OC2CCC3CCCCC3CCC2O1. The quantitative estimate of drug-likeness (QED) is 0.641. The van der Waals surface area contributed by atoms with E-state index >= 15 is 0 Å². The Hall–Kier alpha value is -0.0800. The van der Waals surface area contributed by atoms with E-state index in [0.717, 1.165) is 11.8 Å². The van der Waals surface area contributed by atoms with Gasteiger partial charge in [0.15, 0.2) is 6.29 Å². The number of hydrogen-bond acceptors (Lipinski definition) is 2. The third-order valence-electron chi connectivity index (χ3n) is 5.43. The zero-order valence-corrected chi connectivity index (χ0v) is 12.9. The molecule has 3 fully saturated rings. The smallest absolute Gasteiger partial charge is 0.163 e. The summed E-state index contributed by atoms with van der Waals surface area (Å²) >= 11 is 0. The van der Waals surface area contributed by atoms with Crippen LogP contribution in [0.3, 0.4) is 0 Å². The number of hydrogen-bond donors (Lipinski definition) is 0. The van der Waals surface area contributed by atoms with Crippen molar-refractivity contribution in [3.8, 4) is 0 Å². The third kappa shape index (κ3) is 3.00. The molecule has 1 saturated heterocycles. The molecule has 0 aromatic rings. The van der Waals surface area contributed by atoms with E-state index in [2.05, 4.69) is 20.8 Å². The summed E-state index contributed by atoms with van der Waals surface area (Å²) in [5.41, 5.74) is 0.105. The molecule has 3 rings (SSSR count). The Labute approximate surface area is 118 Å². The molecule has 0 radical (unpaired) electrons. The molecule has 0 bridgehead atoms. The van der Waals surface area contributed by atoms with Crippen molar-refractivity contribution in [2.24, 2.45) is 17.3 Å². The van der Waals surface area contributed by atoms with E-state index < -0.39 is 0 Å². The predicted molar refractivity (Wildman–Crippen MR) is 76.9 cm³/mol. The van der Waals surface area contributed by atoms with Crippen molar-refractivity contribution in [3.05, 3.63) is 0 Å². The molecule has 0 spiro atoms. The summed E-state index contributed by atoms with van der Waals surface area (Å²) in [4.78, 5) is 0. The van der Waals surface area contributed by atoms with E-state index in [1.807, 2.05) is 0 Å². The van der Waals surface area contributed by atoms with Crippen LogP contribution in [0.25, 0.3) is 0 Å². The van der Waals surface area contributed by atoms with Gasteiger partial charge in [0.05, 0.1) is 12.2 Å². The molecule has 1 aliphatic heterocycles. The van der Waals surface area contributed by atoms with Crippen LogP contribution in [0.1, 0.15) is 72.1 Å². The van der Waals surface area contributed by atoms with E-state index in [9.17, 15) is 0 Å². The molecule has 2 heteroatoms. The van der Waals surface area contributed by atoms with Crippen LogP contribution in [0.5, 0.6) is 0 Å². The summed E-state index contributed by atoms with van der Waals surface area (Å²) in [7, 11) is 0. The molecular formula is C17H30O2. The average molecular weight is 266 g/mol. The maximum atomic E-state index is 6.22. The Morgan fingerprint density at radius 3 is 1.58 bits per heavy atom. The van der Waals surface area contributed by atoms with Gasteiger partial charge in [-0.05, 0) is 37.5 Å². The minimum atomic E-state index is 0.00243. The average Bonchev–Trinajstić information content (AvgIpc) is 2.74. The fraction of sp³-hybridized carbons (Fsp3) is 1.00. The maximum absolute atomic E-state index is 6.22. The van der Waals surface area contributed by atoms with Crippen LogP contribution >= 0.6 is 0 Å². The number of rotatable bonds is 0. The van der Waals surface area contributed by atoms with Gasteiger partial charge in [-0.2, -0.15) is 0 Å². The molecule has 4 unspecified atom stereocenters. The fourth-order valence-electron chi connectivity index (χ4n) is 4.24. The van der Waals surface area contributed by atoms with Gasteiger partial charge in [0, 0.05) is 5.41 Å². The molecule has 0 N–H and O–H groups in total. The minimum absolute atomic E-state index is 0.00243. The van der Waals surface area contributed by atoms with Gasteiger partial charge >= 0.3 is 0 Å². The molecule has 4 atom stereocenters. The topological polar surface area (TPSA) is 18.5 Å². The van der Waals surface area contributed by atoms with Crippen LogP contribution in [-0.4, -0.2) is 18.5 Å². The van der Waals surface area contributed by atoms with Gasteiger partial charge in [0.25, 0.3) is 0 Å². The first-order valence-corrected chi connectivity index (χ1v) is 8.35. The summed E-state index contributed by atoms with van der Waals surface area (Å²) in [6, 6.07) is 0. The lowest BCUT2D eigenvalue weighted by atomic mass is 9.72.